The molecule has 1 heterocycles. The number of likely N-dealkylation sites (tertiary alicyclic amines) is 1. The fraction of sp³-hybridized carbons (Fsp3) is 0.300. The molecule has 1 N–H and O–H groups in total. The Bertz CT molecular complexity index is 798. The smallest absolute Gasteiger partial charge is 0.320 e. The zero-order valence-corrected chi connectivity index (χ0v) is 13.9. The third-order valence-electron chi connectivity index (χ3n) is 4.39. The quantitative estimate of drug-likeness (QED) is 0.877. The van der Waals surface area contributed by atoms with Crippen molar-refractivity contribution in [1.29, 1.82) is 5.26 Å². The summed E-state index contributed by atoms with van der Waals surface area (Å²) in [6.07, 6.45) is 1.63. The molecule has 2 aromatic carbocycles. The van der Waals surface area contributed by atoms with E-state index in [0.717, 1.165) is 29.8 Å². The number of rotatable bonds is 6. The first kappa shape index (κ1) is 17.0. The summed E-state index contributed by atoms with van der Waals surface area (Å²) in [6, 6.07) is 16.8. The van der Waals surface area contributed by atoms with Gasteiger partial charge in [-0.15, -0.1) is 0 Å². The van der Waals surface area contributed by atoms with Crippen LogP contribution < -0.4 is 4.74 Å². The van der Waals surface area contributed by atoms with Gasteiger partial charge in [0.1, 0.15) is 18.4 Å². The van der Waals surface area contributed by atoms with Crippen molar-refractivity contribution in [1.82, 2.24) is 4.90 Å². The molecule has 5 nitrogen and oxygen atoms in total. The fourth-order valence-electron chi connectivity index (χ4n) is 3.16. The van der Waals surface area contributed by atoms with E-state index in [4.69, 9.17) is 10.00 Å². The summed E-state index contributed by atoms with van der Waals surface area (Å²) in [5.41, 5.74) is 2.59. The van der Waals surface area contributed by atoms with Gasteiger partial charge in [-0.3, -0.25) is 9.69 Å². The molecule has 0 amide bonds. The van der Waals surface area contributed by atoms with Gasteiger partial charge in [0.05, 0.1) is 11.6 Å². The second-order valence-corrected chi connectivity index (χ2v) is 6.22. The van der Waals surface area contributed by atoms with Crippen LogP contribution in [0.3, 0.4) is 0 Å². The number of nitriles is 1. The molecule has 0 spiro atoms. The lowest BCUT2D eigenvalue weighted by Gasteiger charge is -2.21. The van der Waals surface area contributed by atoms with Gasteiger partial charge in [0.15, 0.2) is 0 Å². The van der Waals surface area contributed by atoms with Crippen molar-refractivity contribution in [2.75, 3.05) is 6.54 Å². The Morgan fingerprint density at radius 2 is 2.04 bits per heavy atom. The van der Waals surface area contributed by atoms with Gasteiger partial charge in [0.2, 0.25) is 0 Å². The second-order valence-electron chi connectivity index (χ2n) is 6.22. The minimum Gasteiger partial charge on any atom is -0.489 e. The van der Waals surface area contributed by atoms with Crippen molar-refractivity contribution < 1.29 is 14.6 Å². The monoisotopic (exact) mass is 336 g/mol. The number of carboxylic acids is 1. The largest absolute Gasteiger partial charge is 0.489 e. The van der Waals surface area contributed by atoms with Crippen LogP contribution in [-0.2, 0) is 17.9 Å². The summed E-state index contributed by atoms with van der Waals surface area (Å²) in [6.45, 7) is 1.81. The highest BCUT2D eigenvalue weighted by atomic mass is 16.5. The maximum atomic E-state index is 11.3. The number of nitrogens with zero attached hydrogens (tertiary/aromatic N) is 2. The van der Waals surface area contributed by atoms with Crippen LogP contribution in [0.15, 0.2) is 48.5 Å². The van der Waals surface area contributed by atoms with Gasteiger partial charge in [-0.2, -0.15) is 5.26 Å². The van der Waals surface area contributed by atoms with Crippen LogP contribution in [0.1, 0.15) is 29.5 Å². The van der Waals surface area contributed by atoms with E-state index < -0.39 is 12.0 Å². The molecule has 1 atom stereocenters. The lowest BCUT2D eigenvalue weighted by molar-refractivity contribution is -0.142. The van der Waals surface area contributed by atoms with Crippen LogP contribution in [0.5, 0.6) is 5.75 Å². The van der Waals surface area contributed by atoms with Crippen molar-refractivity contribution in [3.63, 3.8) is 0 Å². The maximum Gasteiger partial charge on any atom is 0.320 e. The van der Waals surface area contributed by atoms with E-state index in [1.54, 1.807) is 6.07 Å². The van der Waals surface area contributed by atoms with Crippen LogP contribution >= 0.6 is 0 Å². The summed E-state index contributed by atoms with van der Waals surface area (Å²) in [7, 11) is 0. The Kier molecular flexibility index (Phi) is 5.32. The van der Waals surface area contributed by atoms with Crippen LogP contribution in [0.4, 0.5) is 0 Å². The number of aliphatic carboxylic acids is 1. The Labute approximate surface area is 147 Å². The molecule has 1 aliphatic rings. The molecule has 1 aliphatic heterocycles. The predicted molar refractivity (Wildman–Crippen MR) is 93.0 cm³/mol. The molecule has 0 aromatic heterocycles. The molecule has 1 fully saturated rings. The predicted octanol–water partition coefficient (Wildman–Crippen LogP) is 3.19. The van der Waals surface area contributed by atoms with E-state index in [1.807, 2.05) is 47.4 Å². The first-order chi connectivity index (χ1) is 12.2. The molecule has 0 bridgehead atoms. The number of hydrogen-bond donors (Lipinski definition) is 1. The third-order valence-corrected chi connectivity index (χ3v) is 4.39. The molecule has 5 heteroatoms. The lowest BCUT2D eigenvalue weighted by atomic mass is 10.1. The highest BCUT2D eigenvalue weighted by Crippen LogP contribution is 2.22. The molecule has 1 saturated heterocycles. The zero-order valence-electron chi connectivity index (χ0n) is 13.9. The molecule has 1 unspecified atom stereocenters. The highest BCUT2D eigenvalue weighted by Gasteiger charge is 2.30. The molecule has 128 valence electrons. The first-order valence-corrected chi connectivity index (χ1v) is 8.33. The van der Waals surface area contributed by atoms with E-state index in [2.05, 4.69) is 6.07 Å². The van der Waals surface area contributed by atoms with Crippen molar-refractivity contribution in [3.05, 3.63) is 65.2 Å². The molecule has 0 saturated carbocycles. The summed E-state index contributed by atoms with van der Waals surface area (Å²) < 4.78 is 5.83. The van der Waals surface area contributed by atoms with Gasteiger partial charge >= 0.3 is 5.97 Å². The first-order valence-electron chi connectivity index (χ1n) is 8.33. The summed E-state index contributed by atoms with van der Waals surface area (Å²) in [5.74, 6) is -0.00629. The van der Waals surface area contributed by atoms with E-state index in [-0.39, 0.29) is 0 Å². The van der Waals surface area contributed by atoms with E-state index in [0.29, 0.717) is 25.1 Å². The molecule has 2 aromatic rings. The number of carboxylic acid groups (broad SMARTS) is 1. The second kappa shape index (κ2) is 7.82. The third kappa shape index (κ3) is 4.37. The maximum absolute atomic E-state index is 11.3. The van der Waals surface area contributed by atoms with Crippen LogP contribution in [0.2, 0.25) is 0 Å². The van der Waals surface area contributed by atoms with E-state index in [9.17, 15) is 9.90 Å². The fourth-order valence-corrected chi connectivity index (χ4v) is 3.16. The molecule has 3 rings (SSSR count). The Hall–Kier alpha value is -2.84. The Morgan fingerprint density at radius 1 is 1.24 bits per heavy atom. The van der Waals surface area contributed by atoms with Crippen molar-refractivity contribution in [2.24, 2.45) is 0 Å². The number of carbonyl (C=O) groups is 1. The molecular formula is C20H20N2O3. The van der Waals surface area contributed by atoms with Crippen LogP contribution in [0, 0.1) is 11.3 Å². The van der Waals surface area contributed by atoms with Crippen LogP contribution in [0.25, 0.3) is 0 Å². The van der Waals surface area contributed by atoms with Crippen molar-refractivity contribution in [3.8, 4) is 11.8 Å². The number of benzene rings is 2. The molecule has 0 radical (unpaired) electrons. The average Bonchev–Trinajstić information content (AvgIpc) is 3.09. The van der Waals surface area contributed by atoms with Crippen molar-refractivity contribution >= 4 is 5.97 Å². The lowest BCUT2D eigenvalue weighted by Crippen LogP contribution is -2.35. The Morgan fingerprint density at radius 3 is 2.84 bits per heavy atom. The van der Waals surface area contributed by atoms with Gasteiger partial charge in [-0.25, -0.2) is 0 Å². The van der Waals surface area contributed by atoms with Crippen LogP contribution in [-0.4, -0.2) is 28.6 Å². The minimum atomic E-state index is -0.748. The molecular weight excluding hydrogens is 316 g/mol. The standard InChI is InChI=1S/C20H20N2O3/c21-12-15-4-1-6-17(10-15)14-25-18-7-2-5-16(11-18)13-22-9-3-8-19(22)20(23)24/h1-2,4-7,10-11,19H,3,8-9,13-14H2,(H,23,24). The molecule has 25 heavy (non-hydrogen) atoms. The molecule has 0 aliphatic carbocycles. The highest BCUT2D eigenvalue weighted by molar-refractivity contribution is 5.73. The zero-order chi connectivity index (χ0) is 17.6. The van der Waals surface area contributed by atoms with E-state index in [1.165, 1.54) is 0 Å². The van der Waals surface area contributed by atoms with Gasteiger partial charge < -0.3 is 9.84 Å². The average molecular weight is 336 g/mol. The summed E-state index contributed by atoms with van der Waals surface area (Å²) in [5, 5.41) is 18.2. The van der Waals surface area contributed by atoms with Gasteiger partial charge in [0.25, 0.3) is 0 Å². The van der Waals surface area contributed by atoms with E-state index >= 15 is 0 Å². The van der Waals surface area contributed by atoms with Crippen molar-refractivity contribution in [2.45, 2.75) is 32.0 Å². The van der Waals surface area contributed by atoms with Gasteiger partial charge in [0, 0.05) is 6.54 Å². The van der Waals surface area contributed by atoms with Gasteiger partial charge in [-0.1, -0.05) is 24.3 Å². The topological polar surface area (TPSA) is 73.6 Å². The normalized spacial score (nSPS) is 17.2. The number of hydrogen-bond acceptors (Lipinski definition) is 4. The number of ether oxygens (including phenoxy) is 1. The summed E-state index contributed by atoms with van der Waals surface area (Å²) in [4.78, 5) is 13.3. The minimum absolute atomic E-state index is 0.389. The summed E-state index contributed by atoms with van der Waals surface area (Å²) >= 11 is 0. The Balaban J connectivity index is 1.63. The SMILES string of the molecule is N#Cc1cccc(COc2cccc(CN3CCCC3C(=O)O)c2)c1. The van der Waals surface area contributed by atoms with Gasteiger partial charge in [-0.05, 0) is 54.8 Å².